The van der Waals surface area contributed by atoms with E-state index < -0.39 is 10.0 Å². The number of rotatable bonds is 8. The Kier molecular flexibility index (Phi) is 11.8. The van der Waals surface area contributed by atoms with E-state index in [1.165, 1.54) is 32.1 Å². The summed E-state index contributed by atoms with van der Waals surface area (Å²) in [5, 5.41) is 6.41. The third-order valence-electron chi connectivity index (χ3n) is 4.80. The van der Waals surface area contributed by atoms with Gasteiger partial charge in [-0.2, -0.15) is 11.8 Å². The predicted molar refractivity (Wildman–Crippen MR) is 119 cm³/mol. The second-order valence-electron chi connectivity index (χ2n) is 6.55. The predicted octanol–water partition coefficient (Wildman–Crippen LogP) is 2.12. The molecule has 0 bridgehead atoms. The molecule has 0 atom stereocenters. The van der Waals surface area contributed by atoms with Gasteiger partial charge in [0.05, 0.1) is 5.75 Å². The molecule has 9 heteroatoms. The molecule has 0 radical (unpaired) electrons. The van der Waals surface area contributed by atoms with Crippen LogP contribution in [0.25, 0.3) is 0 Å². The number of nitrogens with zero attached hydrogens (tertiary/aromatic N) is 2. The molecule has 1 heterocycles. The molecule has 6 nitrogen and oxygen atoms in total. The Morgan fingerprint density at radius 2 is 1.80 bits per heavy atom. The summed E-state index contributed by atoms with van der Waals surface area (Å²) in [6.45, 7) is 2.57. The fourth-order valence-corrected chi connectivity index (χ4v) is 5.86. The third kappa shape index (κ3) is 8.66. The molecule has 0 aromatic rings. The van der Waals surface area contributed by atoms with Gasteiger partial charge in [0.15, 0.2) is 5.96 Å². The molecule has 2 aliphatic rings. The second kappa shape index (κ2) is 12.6. The Morgan fingerprint density at radius 1 is 1.16 bits per heavy atom. The molecule has 0 spiro atoms. The van der Waals surface area contributed by atoms with Crippen LogP contribution in [0.2, 0.25) is 0 Å². The minimum atomic E-state index is -3.15. The van der Waals surface area contributed by atoms with E-state index >= 15 is 0 Å². The Morgan fingerprint density at radius 3 is 2.44 bits per heavy atom. The number of hydrogen-bond acceptors (Lipinski definition) is 4. The molecule has 0 aromatic carbocycles. The van der Waals surface area contributed by atoms with Gasteiger partial charge < -0.3 is 10.6 Å². The van der Waals surface area contributed by atoms with Gasteiger partial charge in [-0.1, -0.05) is 25.7 Å². The van der Waals surface area contributed by atoms with Crippen LogP contribution in [0.1, 0.15) is 38.5 Å². The largest absolute Gasteiger partial charge is 0.356 e. The topological polar surface area (TPSA) is 73.8 Å². The van der Waals surface area contributed by atoms with Crippen LogP contribution < -0.4 is 10.6 Å². The molecule has 1 saturated carbocycles. The van der Waals surface area contributed by atoms with E-state index in [2.05, 4.69) is 15.6 Å². The standard InChI is InChI=1S/C16H32N4O2S2.HI/c1-17-16(18-8-4-7-15-5-2-3-6-15)19-9-14-24(21,22)20-10-12-23-13-11-20;/h15H,2-14H2,1H3,(H2,17,18,19);1H. The van der Waals surface area contributed by atoms with E-state index in [0.717, 1.165) is 30.4 Å². The van der Waals surface area contributed by atoms with Gasteiger partial charge in [0.1, 0.15) is 0 Å². The summed E-state index contributed by atoms with van der Waals surface area (Å²) in [7, 11) is -1.42. The molecule has 25 heavy (non-hydrogen) atoms. The first kappa shape index (κ1) is 23.3. The molecule has 2 N–H and O–H groups in total. The monoisotopic (exact) mass is 504 g/mol. The quantitative estimate of drug-likeness (QED) is 0.229. The van der Waals surface area contributed by atoms with Crippen molar-refractivity contribution >= 4 is 51.7 Å². The summed E-state index contributed by atoms with van der Waals surface area (Å²) < 4.78 is 26.2. The van der Waals surface area contributed by atoms with Crippen LogP contribution in [0.3, 0.4) is 0 Å². The van der Waals surface area contributed by atoms with Crippen LogP contribution in [0.4, 0.5) is 0 Å². The van der Waals surface area contributed by atoms with Crippen LogP contribution in [0.15, 0.2) is 4.99 Å². The number of hydrogen-bond donors (Lipinski definition) is 2. The van der Waals surface area contributed by atoms with Gasteiger partial charge in [-0.05, 0) is 18.8 Å². The van der Waals surface area contributed by atoms with Gasteiger partial charge >= 0.3 is 0 Å². The van der Waals surface area contributed by atoms with Crippen molar-refractivity contribution < 1.29 is 8.42 Å². The van der Waals surface area contributed by atoms with E-state index in [1.54, 1.807) is 11.4 Å². The lowest BCUT2D eigenvalue weighted by Crippen LogP contribution is -2.44. The van der Waals surface area contributed by atoms with Crippen molar-refractivity contribution in [2.45, 2.75) is 38.5 Å². The van der Waals surface area contributed by atoms with Crippen molar-refractivity contribution in [3.63, 3.8) is 0 Å². The smallest absolute Gasteiger partial charge is 0.215 e. The first-order chi connectivity index (χ1) is 11.6. The lowest BCUT2D eigenvalue weighted by atomic mass is 10.0. The highest BCUT2D eigenvalue weighted by atomic mass is 127. The highest BCUT2D eigenvalue weighted by Gasteiger charge is 2.23. The molecular formula is C16H33IN4O2S2. The van der Waals surface area contributed by atoms with Gasteiger partial charge in [-0.25, -0.2) is 12.7 Å². The Bertz CT molecular complexity index is 490. The average molecular weight is 505 g/mol. The van der Waals surface area contributed by atoms with E-state index in [1.807, 2.05) is 11.8 Å². The number of halogens is 1. The van der Waals surface area contributed by atoms with Gasteiger partial charge in [0.2, 0.25) is 10.0 Å². The van der Waals surface area contributed by atoms with E-state index in [0.29, 0.717) is 25.6 Å². The maximum Gasteiger partial charge on any atom is 0.215 e. The maximum atomic E-state index is 12.3. The fourth-order valence-electron chi connectivity index (χ4n) is 3.37. The first-order valence-corrected chi connectivity index (χ1v) is 11.9. The molecule has 0 amide bonds. The molecular weight excluding hydrogens is 471 g/mol. The molecule has 1 aliphatic carbocycles. The van der Waals surface area contributed by atoms with E-state index in [9.17, 15) is 8.42 Å². The zero-order valence-corrected chi connectivity index (χ0v) is 19.2. The molecule has 1 aliphatic heterocycles. The minimum absolute atomic E-state index is 0. The third-order valence-corrected chi connectivity index (χ3v) is 7.61. The normalized spacial score (nSPS) is 20.3. The van der Waals surface area contributed by atoms with E-state index in [-0.39, 0.29) is 29.7 Å². The van der Waals surface area contributed by atoms with Crippen LogP contribution in [-0.4, -0.2) is 69.2 Å². The lowest BCUT2D eigenvalue weighted by molar-refractivity contribution is 0.443. The summed E-state index contributed by atoms with van der Waals surface area (Å²) in [4.78, 5) is 4.17. The van der Waals surface area contributed by atoms with Crippen molar-refractivity contribution in [1.29, 1.82) is 0 Å². The summed E-state index contributed by atoms with van der Waals surface area (Å²) in [6, 6.07) is 0. The molecule has 148 valence electrons. The summed E-state index contributed by atoms with van der Waals surface area (Å²) in [5.74, 6) is 3.54. The highest BCUT2D eigenvalue weighted by Crippen LogP contribution is 2.28. The molecule has 0 aromatic heterocycles. The summed E-state index contributed by atoms with van der Waals surface area (Å²) in [5.41, 5.74) is 0. The lowest BCUT2D eigenvalue weighted by Gasteiger charge is -2.25. The summed E-state index contributed by atoms with van der Waals surface area (Å²) in [6.07, 6.45) is 8.00. The van der Waals surface area contributed by atoms with Crippen LogP contribution >= 0.6 is 35.7 Å². The molecule has 2 rings (SSSR count). The van der Waals surface area contributed by atoms with Crippen molar-refractivity contribution in [3.8, 4) is 0 Å². The minimum Gasteiger partial charge on any atom is -0.356 e. The number of thioether (sulfide) groups is 1. The zero-order valence-electron chi connectivity index (χ0n) is 15.2. The van der Waals surface area contributed by atoms with Crippen molar-refractivity contribution in [2.75, 3.05) is 50.5 Å². The van der Waals surface area contributed by atoms with E-state index in [4.69, 9.17) is 0 Å². The van der Waals surface area contributed by atoms with Gasteiger partial charge in [-0.15, -0.1) is 24.0 Å². The van der Waals surface area contributed by atoms with Crippen LogP contribution in [-0.2, 0) is 10.0 Å². The average Bonchev–Trinajstić information content (AvgIpc) is 3.11. The van der Waals surface area contributed by atoms with Gasteiger partial charge in [-0.3, -0.25) is 4.99 Å². The van der Waals surface area contributed by atoms with Crippen LogP contribution in [0.5, 0.6) is 0 Å². The molecule has 0 unspecified atom stereocenters. The Balaban J connectivity index is 0.00000312. The maximum absolute atomic E-state index is 12.3. The summed E-state index contributed by atoms with van der Waals surface area (Å²) >= 11 is 1.82. The zero-order chi connectivity index (χ0) is 17.3. The second-order valence-corrected chi connectivity index (χ2v) is 9.86. The number of sulfonamides is 1. The fraction of sp³-hybridized carbons (Fsp3) is 0.938. The molecule has 2 fully saturated rings. The number of guanidine groups is 1. The van der Waals surface area contributed by atoms with Gasteiger partial charge in [0.25, 0.3) is 0 Å². The first-order valence-electron chi connectivity index (χ1n) is 9.12. The Hall–Kier alpha value is 0.260. The van der Waals surface area contributed by atoms with Crippen molar-refractivity contribution in [1.82, 2.24) is 14.9 Å². The van der Waals surface area contributed by atoms with Gasteiger partial charge in [0, 0.05) is 44.7 Å². The van der Waals surface area contributed by atoms with Crippen molar-refractivity contribution in [3.05, 3.63) is 0 Å². The Labute approximate surface area is 174 Å². The SMILES string of the molecule is CN=C(NCCCC1CCCC1)NCCS(=O)(=O)N1CCSCC1.I. The molecule has 1 saturated heterocycles. The van der Waals surface area contributed by atoms with Crippen LogP contribution in [0, 0.1) is 5.92 Å². The number of nitrogens with one attached hydrogen (secondary N) is 2. The van der Waals surface area contributed by atoms with Crippen molar-refractivity contribution in [2.24, 2.45) is 10.9 Å². The highest BCUT2D eigenvalue weighted by molar-refractivity contribution is 14.0. The number of aliphatic imine (C=N–C) groups is 1.